The third-order valence-electron chi connectivity index (χ3n) is 4.23. The summed E-state index contributed by atoms with van der Waals surface area (Å²) in [4.78, 5) is 37.9. The van der Waals surface area contributed by atoms with Crippen molar-refractivity contribution in [3.63, 3.8) is 0 Å². The fourth-order valence-corrected chi connectivity index (χ4v) is 2.87. The highest BCUT2D eigenvalue weighted by atomic mass is 16.5. The van der Waals surface area contributed by atoms with E-state index in [-0.39, 0.29) is 31.6 Å². The van der Waals surface area contributed by atoms with Crippen LogP contribution in [0.5, 0.6) is 0 Å². The van der Waals surface area contributed by atoms with Gasteiger partial charge in [0.15, 0.2) is 6.04 Å². The molecule has 0 spiro atoms. The van der Waals surface area contributed by atoms with E-state index < -0.39 is 17.9 Å². The summed E-state index contributed by atoms with van der Waals surface area (Å²) in [6.45, 7) is 4.43. The third-order valence-corrected chi connectivity index (χ3v) is 4.23. The summed E-state index contributed by atoms with van der Waals surface area (Å²) in [6.07, 6.45) is 2.82. The molecular formula is C19H24N2O5. The molecule has 7 nitrogen and oxygen atoms in total. The van der Waals surface area contributed by atoms with E-state index in [1.807, 2.05) is 6.07 Å². The molecule has 1 aliphatic rings. The molecule has 2 N–H and O–H groups in total. The lowest BCUT2D eigenvalue weighted by Crippen LogP contribution is -2.50. The Morgan fingerprint density at radius 1 is 1.35 bits per heavy atom. The predicted molar refractivity (Wildman–Crippen MR) is 95.7 cm³/mol. The van der Waals surface area contributed by atoms with Crippen molar-refractivity contribution >= 4 is 17.8 Å². The average molecular weight is 360 g/mol. The molecule has 1 aromatic carbocycles. The molecule has 0 saturated carbocycles. The van der Waals surface area contributed by atoms with Gasteiger partial charge in [-0.15, -0.1) is 6.58 Å². The topological polar surface area (TPSA) is 95.9 Å². The van der Waals surface area contributed by atoms with Crippen LogP contribution in [0.2, 0.25) is 0 Å². The monoisotopic (exact) mass is 360 g/mol. The molecule has 2 atom stereocenters. The number of hydrogen-bond donors (Lipinski definition) is 2. The molecule has 1 heterocycles. The minimum absolute atomic E-state index is 0.118. The lowest BCUT2D eigenvalue weighted by Gasteiger charge is -2.32. The minimum Gasteiger partial charge on any atom is -0.480 e. The van der Waals surface area contributed by atoms with Gasteiger partial charge in [-0.25, -0.2) is 4.79 Å². The molecule has 0 aromatic heterocycles. The molecule has 1 fully saturated rings. The van der Waals surface area contributed by atoms with Gasteiger partial charge in [0.2, 0.25) is 5.91 Å². The van der Waals surface area contributed by atoms with Gasteiger partial charge in [-0.2, -0.15) is 0 Å². The van der Waals surface area contributed by atoms with Crippen LogP contribution in [0.3, 0.4) is 0 Å². The molecular weight excluding hydrogens is 336 g/mol. The van der Waals surface area contributed by atoms with Gasteiger partial charge in [-0.05, 0) is 25.0 Å². The first kappa shape index (κ1) is 19.7. The minimum atomic E-state index is -1.16. The summed E-state index contributed by atoms with van der Waals surface area (Å²) < 4.78 is 5.13. The van der Waals surface area contributed by atoms with Crippen LogP contribution >= 0.6 is 0 Å². The number of amides is 2. The second kappa shape index (κ2) is 9.72. The standard InChI is InChI=1S/C19H24N2O5/c1-2-11-26-13-16(19(24)25)20-17(22)15-9-6-10-21(12-15)18(23)14-7-4-3-5-8-14/h2-5,7-8,15-16H,1,6,9-13H2,(H,20,22)(H,24,25). The largest absolute Gasteiger partial charge is 0.480 e. The van der Waals surface area contributed by atoms with Crippen molar-refractivity contribution in [2.75, 3.05) is 26.3 Å². The zero-order valence-electron chi connectivity index (χ0n) is 14.6. The number of aliphatic carboxylic acids is 1. The lowest BCUT2D eigenvalue weighted by molar-refractivity contribution is -0.144. The van der Waals surface area contributed by atoms with E-state index in [0.29, 0.717) is 24.9 Å². The van der Waals surface area contributed by atoms with Crippen molar-refractivity contribution in [3.05, 3.63) is 48.6 Å². The Kier molecular flexibility index (Phi) is 7.35. The zero-order valence-corrected chi connectivity index (χ0v) is 14.6. The molecule has 1 aromatic rings. The summed E-state index contributed by atoms with van der Waals surface area (Å²) in [5, 5.41) is 11.7. The third kappa shape index (κ3) is 5.42. The molecule has 2 rings (SSSR count). The number of nitrogens with zero attached hydrogens (tertiary/aromatic N) is 1. The van der Waals surface area contributed by atoms with E-state index in [1.54, 1.807) is 29.2 Å². The zero-order chi connectivity index (χ0) is 18.9. The number of benzene rings is 1. The molecule has 26 heavy (non-hydrogen) atoms. The first-order valence-electron chi connectivity index (χ1n) is 8.59. The van der Waals surface area contributed by atoms with Crippen LogP contribution < -0.4 is 5.32 Å². The summed E-state index contributed by atoms with van der Waals surface area (Å²) in [5.74, 6) is -2.08. The Bertz CT molecular complexity index is 647. The van der Waals surface area contributed by atoms with Crippen molar-refractivity contribution in [1.29, 1.82) is 0 Å². The van der Waals surface area contributed by atoms with Crippen LogP contribution in [0.1, 0.15) is 23.2 Å². The smallest absolute Gasteiger partial charge is 0.328 e. The van der Waals surface area contributed by atoms with Crippen molar-refractivity contribution < 1.29 is 24.2 Å². The van der Waals surface area contributed by atoms with Gasteiger partial charge in [-0.1, -0.05) is 24.3 Å². The van der Waals surface area contributed by atoms with Gasteiger partial charge >= 0.3 is 5.97 Å². The van der Waals surface area contributed by atoms with Crippen molar-refractivity contribution in [1.82, 2.24) is 10.2 Å². The number of carboxylic acids is 1. The summed E-state index contributed by atoms with van der Waals surface area (Å²) >= 11 is 0. The maximum Gasteiger partial charge on any atom is 0.328 e. The first-order valence-corrected chi connectivity index (χ1v) is 8.59. The van der Waals surface area contributed by atoms with E-state index >= 15 is 0 Å². The Labute approximate surface area is 152 Å². The van der Waals surface area contributed by atoms with Crippen LogP contribution in [-0.2, 0) is 14.3 Å². The van der Waals surface area contributed by atoms with Crippen molar-refractivity contribution in [2.24, 2.45) is 5.92 Å². The molecule has 2 amide bonds. The molecule has 1 saturated heterocycles. The van der Waals surface area contributed by atoms with E-state index in [1.165, 1.54) is 6.08 Å². The second-order valence-electron chi connectivity index (χ2n) is 6.18. The van der Waals surface area contributed by atoms with Gasteiger partial charge < -0.3 is 20.1 Å². The number of likely N-dealkylation sites (tertiary alicyclic amines) is 1. The fraction of sp³-hybridized carbons (Fsp3) is 0.421. The second-order valence-corrected chi connectivity index (χ2v) is 6.18. The molecule has 7 heteroatoms. The van der Waals surface area contributed by atoms with Crippen molar-refractivity contribution in [2.45, 2.75) is 18.9 Å². The van der Waals surface area contributed by atoms with Crippen LogP contribution in [0.4, 0.5) is 0 Å². The number of carboxylic acid groups (broad SMARTS) is 1. The van der Waals surface area contributed by atoms with E-state index in [2.05, 4.69) is 11.9 Å². The molecule has 1 aliphatic heterocycles. The van der Waals surface area contributed by atoms with E-state index in [9.17, 15) is 19.5 Å². The highest BCUT2D eigenvalue weighted by Gasteiger charge is 2.31. The van der Waals surface area contributed by atoms with Gasteiger partial charge in [0.05, 0.1) is 19.1 Å². The molecule has 0 aliphatic carbocycles. The van der Waals surface area contributed by atoms with Crippen molar-refractivity contribution in [3.8, 4) is 0 Å². The van der Waals surface area contributed by atoms with Crippen LogP contribution in [0, 0.1) is 5.92 Å². The van der Waals surface area contributed by atoms with Gasteiger partial charge in [0.25, 0.3) is 5.91 Å². The first-order chi connectivity index (χ1) is 12.5. The highest BCUT2D eigenvalue weighted by Crippen LogP contribution is 2.19. The predicted octanol–water partition coefficient (Wildman–Crippen LogP) is 1.31. The number of carbonyl (C=O) groups is 3. The molecule has 140 valence electrons. The Morgan fingerprint density at radius 3 is 2.73 bits per heavy atom. The number of ether oxygens (including phenoxy) is 1. The summed E-state index contributed by atoms with van der Waals surface area (Å²) in [5.41, 5.74) is 0.579. The maximum absolute atomic E-state index is 12.5. The number of hydrogen-bond acceptors (Lipinski definition) is 4. The Morgan fingerprint density at radius 2 is 2.08 bits per heavy atom. The quantitative estimate of drug-likeness (QED) is 0.538. The summed E-state index contributed by atoms with van der Waals surface area (Å²) in [7, 11) is 0. The van der Waals surface area contributed by atoms with E-state index in [0.717, 1.165) is 0 Å². The lowest BCUT2D eigenvalue weighted by atomic mass is 9.96. The SMILES string of the molecule is C=CCOCC(NC(=O)C1CCCN(C(=O)c2ccccc2)C1)C(=O)O. The van der Waals surface area contributed by atoms with Gasteiger partial charge in [0, 0.05) is 18.7 Å². The number of carbonyl (C=O) groups excluding carboxylic acids is 2. The van der Waals surface area contributed by atoms with Crippen LogP contribution in [0.15, 0.2) is 43.0 Å². The Hall–Kier alpha value is -2.67. The molecule has 0 bridgehead atoms. The maximum atomic E-state index is 12.5. The molecule has 0 radical (unpaired) electrons. The molecule has 2 unspecified atom stereocenters. The number of piperidine rings is 1. The number of nitrogens with one attached hydrogen (secondary N) is 1. The fourth-order valence-electron chi connectivity index (χ4n) is 2.87. The Balaban J connectivity index is 1.94. The summed E-state index contributed by atoms with van der Waals surface area (Å²) in [6, 6.07) is 7.78. The van der Waals surface area contributed by atoms with Crippen LogP contribution in [0.25, 0.3) is 0 Å². The normalized spacial score (nSPS) is 18.0. The number of rotatable bonds is 8. The van der Waals surface area contributed by atoms with E-state index in [4.69, 9.17) is 4.74 Å². The average Bonchev–Trinajstić information content (AvgIpc) is 2.67. The highest BCUT2D eigenvalue weighted by molar-refractivity contribution is 5.94. The van der Waals surface area contributed by atoms with Crippen LogP contribution in [-0.4, -0.2) is 60.1 Å². The van der Waals surface area contributed by atoms with Gasteiger partial charge in [-0.3, -0.25) is 9.59 Å². The van der Waals surface area contributed by atoms with Gasteiger partial charge in [0.1, 0.15) is 0 Å².